The van der Waals surface area contributed by atoms with E-state index in [4.69, 9.17) is 0 Å². The molecule has 16 heavy (non-hydrogen) atoms. The van der Waals surface area contributed by atoms with E-state index in [1.807, 2.05) is 0 Å². The second-order valence-electron chi connectivity index (χ2n) is 4.06. The molecule has 0 atom stereocenters. The summed E-state index contributed by atoms with van der Waals surface area (Å²) in [5.74, 6) is 1.09. The van der Waals surface area contributed by atoms with Crippen LogP contribution in [0, 0.1) is 5.92 Å². The number of nitrogens with one attached hydrogen (secondary N) is 1. The van der Waals surface area contributed by atoms with Gasteiger partial charge in [0.25, 0.3) is 0 Å². The Kier molecular flexibility index (Phi) is 3.59. The fraction of sp³-hybridized carbons (Fsp3) is 0.500. The molecule has 0 aromatic heterocycles. The third kappa shape index (κ3) is 3.68. The highest BCUT2D eigenvalue weighted by atomic mass is 19.3. The lowest BCUT2D eigenvalue weighted by molar-refractivity contribution is -0.0498. The number of halogens is 2. The van der Waals surface area contributed by atoms with Crippen LogP contribution in [0.5, 0.6) is 5.75 Å². The van der Waals surface area contributed by atoms with Crippen LogP contribution in [0.3, 0.4) is 0 Å². The van der Waals surface area contributed by atoms with E-state index in [-0.39, 0.29) is 5.75 Å². The lowest BCUT2D eigenvalue weighted by Gasteiger charge is -2.07. The molecule has 1 aliphatic carbocycles. The minimum absolute atomic E-state index is 0.197. The summed E-state index contributed by atoms with van der Waals surface area (Å²) in [7, 11) is 0. The molecular weight excluding hydrogens is 212 g/mol. The van der Waals surface area contributed by atoms with E-state index >= 15 is 0 Å². The molecule has 0 unspecified atom stereocenters. The van der Waals surface area contributed by atoms with Crippen LogP contribution in [0.2, 0.25) is 0 Å². The zero-order valence-corrected chi connectivity index (χ0v) is 8.96. The van der Waals surface area contributed by atoms with Crippen molar-refractivity contribution in [1.82, 2.24) is 0 Å². The summed E-state index contributed by atoms with van der Waals surface area (Å²) >= 11 is 0. The second-order valence-corrected chi connectivity index (χ2v) is 4.06. The number of benzene rings is 1. The van der Waals surface area contributed by atoms with Gasteiger partial charge in [0.05, 0.1) is 0 Å². The summed E-state index contributed by atoms with van der Waals surface area (Å²) in [5.41, 5.74) is 0.947. The molecule has 4 heteroatoms. The smallest absolute Gasteiger partial charge is 0.387 e. The third-order valence-electron chi connectivity index (χ3n) is 2.66. The van der Waals surface area contributed by atoms with Gasteiger partial charge in [0.1, 0.15) is 5.75 Å². The third-order valence-corrected chi connectivity index (χ3v) is 2.66. The Bertz CT molecular complexity index is 322. The summed E-state index contributed by atoms with van der Waals surface area (Å²) < 4.78 is 28.0. The number of anilines is 1. The molecule has 0 spiro atoms. The van der Waals surface area contributed by atoms with Crippen LogP contribution in [0.1, 0.15) is 19.3 Å². The topological polar surface area (TPSA) is 21.3 Å². The molecule has 0 aliphatic heterocycles. The Morgan fingerprint density at radius 2 is 1.94 bits per heavy atom. The van der Waals surface area contributed by atoms with Crippen molar-refractivity contribution in [1.29, 1.82) is 0 Å². The predicted molar refractivity (Wildman–Crippen MR) is 58.9 cm³/mol. The van der Waals surface area contributed by atoms with Crippen molar-refractivity contribution in [3.8, 4) is 5.75 Å². The molecule has 1 aliphatic rings. The summed E-state index contributed by atoms with van der Waals surface area (Å²) in [5, 5.41) is 3.25. The molecule has 0 saturated heterocycles. The number of hydrogen-bond donors (Lipinski definition) is 1. The van der Waals surface area contributed by atoms with Crippen LogP contribution in [0.15, 0.2) is 24.3 Å². The molecule has 1 saturated carbocycles. The fourth-order valence-electron chi connectivity index (χ4n) is 1.58. The second kappa shape index (κ2) is 5.14. The Morgan fingerprint density at radius 1 is 1.25 bits per heavy atom. The normalized spacial score (nSPS) is 15.2. The molecule has 0 bridgehead atoms. The quantitative estimate of drug-likeness (QED) is 0.803. The lowest BCUT2D eigenvalue weighted by atomic mass is 10.2. The van der Waals surface area contributed by atoms with Gasteiger partial charge in [-0.2, -0.15) is 8.78 Å². The number of ether oxygens (including phenoxy) is 1. The van der Waals surface area contributed by atoms with Gasteiger partial charge in [0, 0.05) is 12.2 Å². The molecule has 0 radical (unpaired) electrons. The van der Waals surface area contributed by atoms with Crippen molar-refractivity contribution in [3.63, 3.8) is 0 Å². The summed E-state index contributed by atoms with van der Waals surface area (Å²) in [6.07, 6.45) is 3.89. The average molecular weight is 227 g/mol. The van der Waals surface area contributed by atoms with Gasteiger partial charge in [-0.3, -0.25) is 0 Å². The lowest BCUT2D eigenvalue weighted by Crippen LogP contribution is -2.03. The minimum atomic E-state index is -2.76. The van der Waals surface area contributed by atoms with Gasteiger partial charge < -0.3 is 10.1 Å². The highest BCUT2D eigenvalue weighted by molar-refractivity contribution is 5.46. The van der Waals surface area contributed by atoms with Gasteiger partial charge in [-0.1, -0.05) is 12.8 Å². The maximum Gasteiger partial charge on any atom is 0.387 e. The average Bonchev–Trinajstić information content (AvgIpc) is 3.04. The van der Waals surface area contributed by atoms with Crippen LogP contribution in [-0.4, -0.2) is 13.2 Å². The standard InChI is InChI=1S/C12H15F2NO/c13-12(14)16-11-5-3-10(4-6-11)15-8-7-9-1-2-9/h3-6,9,12,15H,1-2,7-8H2. The molecular formula is C12H15F2NO. The Morgan fingerprint density at radius 3 is 2.50 bits per heavy atom. The first-order valence-electron chi connectivity index (χ1n) is 5.53. The molecule has 1 aromatic rings. The van der Waals surface area contributed by atoms with E-state index in [0.717, 1.165) is 18.2 Å². The molecule has 2 rings (SSSR count). The van der Waals surface area contributed by atoms with E-state index in [9.17, 15) is 8.78 Å². The Hall–Kier alpha value is -1.32. The predicted octanol–water partition coefficient (Wildman–Crippen LogP) is 3.50. The molecule has 1 N–H and O–H groups in total. The summed E-state index contributed by atoms with van der Waals surface area (Å²) in [6.45, 7) is -1.81. The molecule has 1 fully saturated rings. The van der Waals surface area contributed by atoms with E-state index in [1.54, 1.807) is 24.3 Å². The van der Waals surface area contributed by atoms with Crippen molar-refractivity contribution in [2.45, 2.75) is 25.9 Å². The van der Waals surface area contributed by atoms with Crippen molar-refractivity contribution in [2.24, 2.45) is 5.92 Å². The maximum absolute atomic E-state index is 11.9. The molecule has 2 nitrogen and oxygen atoms in total. The van der Waals surface area contributed by atoms with Crippen LogP contribution >= 0.6 is 0 Å². The fourth-order valence-corrected chi connectivity index (χ4v) is 1.58. The van der Waals surface area contributed by atoms with Crippen LogP contribution in [0.4, 0.5) is 14.5 Å². The van der Waals surface area contributed by atoms with Gasteiger partial charge in [-0.05, 0) is 36.6 Å². The molecule has 1 aromatic carbocycles. The van der Waals surface area contributed by atoms with Crippen molar-refractivity contribution in [3.05, 3.63) is 24.3 Å². The SMILES string of the molecule is FC(F)Oc1ccc(NCCC2CC2)cc1. The van der Waals surface area contributed by atoms with Gasteiger partial charge in [-0.25, -0.2) is 0 Å². The Labute approximate surface area is 93.6 Å². The zero-order valence-electron chi connectivity index (χ0n) is 8.96. The highest BCUT2D eigenvalue weighted by Crippen LogP contribution is 2.32. The van der Waals surface area contributed by atoms with Crippen molar-refractivity contribution >= 4 is 5.69 Å². The van der Waals surface area contributed by atoms with E-state index < -0.39 is 6.61 Å². The monoisotopic (exact) mass is 227 g/mol. The highest BCUT2D eigenvalue weighted by Gasteiger charge is 2.19. The first kappa shape index (κ1) is 11.2. The Balaban J connectivity index is 1.76. The number of hydrogen-bond acceptors (Lipinski definition) is 2. The van der Waals surface area contributed by atoms with Crippen LogP contribution in [-0.2, 0) is 0 Å². The minimum Gasteiger partial charge on any atom is -0.435 e. The van der Waals surface area contributed by atoms with Gasteiger partial charge in [0.2, 0.25) is 0 Å². The number of alkyl halides is 2. The summed E-state index contributed by atoms with van der Waals surface area (Å²) in [6, 6.07) is 6.60. The zero-order chi connectivity index (χ0) is 11.4. The molecule has 0 heterocycles. The van der Waals surface area contributed by atoms with Crippen LogP contribution < -0.4 is 10.1 Å². The maximum atomic E-state index is 11.9. The van der Waals surface area contributed by atoms with Gasteiger partial charge in [0.15, 0.2) is 0 Å². The molecule has 88 valence electrons. The van der Waals surface area contributed by atoms with Gasteiger partial charge in [-0.15, -0.1) is 0 Å². The number of rotatable bonds is 6. The first-order valence-corrected chi connectivity index (χ1v) is 5.53. The van der Waals surface area contributed by atoms with E-state index in [2.05, 4.69) is 10.1 Å². The molecule has 0 amide bonds. The van der Waals surface area contributed by atoms with Gasteiger partial charge >= 0.3 is 6.61 Å². The van der Waals surface area contributed by atoms with E-state index in [1.165, 1.54) is 19.3 Å². The largest absolute Gasteiger partial charge is 0.435 e. The van der Waals surface area contributed by atoms with Crippen molar-refractivity contribution < 1.29 is 13.5 Å². The first-order chi connectivity index (χ1) is 7.74. The van der Waals surface area contributed by atoms with Crippen molar-refractivity contribution in [2.75, 3.05) is 11.9 Å². The summed E-state index contributed by atoms with van der Waals surface area (Å²) in [4.78, 5) is 0. The van der Waals surface area contributed by atoms with Crippen LogP contribution in [0.25, 0.3) is 0 Å². The van der Waals surface area contributed by atoms with E-state index in [0.29, 0.717) is 0 Å².